The number of sulfonamides is 1. The number of carboxylic acids is 1. The monoisotopic (exact) mass is 270 g/mol. The first-order chi connectivity index (χ1) is 8.30. The van der Waals surface area contributed by atoms with Gasteiger partial charge in [0, 0.05) is 12.2 Å². The summed E-state index contributed by atoms with van der Waals surface area (Å²) >= 11 is 0. The van der Waals surface area contributed by atoms with Crippen LogP contribution in [0.5, 0.6) is 0 Å². The summed E-state index contributed by atoms with van der Waals surface area (Å²) in [7, 11) is -3.97. The zero-order chi connectivity index (χ0) is 13.8. The van der Waals surface area contributed by atoms with E-state index >= 15 is 0 Å². The SMILES string of the molecule is NS(=O)(=O)c1ccccc1NC(=O)C=CC(=O)O. The van der Waals surface area contributed by atoms with Crippen molar-refractivity contribution in [3.8, 4) is 0 Å². The zero-order valence-electron chi connectivity index (χ0n) is 9.03. The van der Waals surface area contributed by atoms with Crippen molar-refractivity contribution in [3.63, 3.8) is 0 Å². The van der Waals surface area contributed by atoms with Crippen LogP contribution >= 0.6 is 0 Å². The molecule has 1 aromatic rings. The molecule has 1 aromatic carbocycles. The topological polar surface area (TPSA) is 127 Å². The minimum Gasteiger partial charge on any atom is -0.478 e. The molecule has 1 rings (SSSR count). The second-order valence-corrected chi connectivity index (χ2v) is 4.73. The van der Waals surface area contributed by atoms with Gasteiger partial charge in [0.15, 0.2) is 0 Å². The molecule has 0 spiro atoms. The largest absolute Gasteiger partial charge is 0.478 e. The molecule has 4 N–H and O–H groups in total. The molecule has 96 valence electrons. The van der Waals surface area contributed by atoms with Crippen LogP contribution in [0.1, 0.15) is 0 Å². The molecular weight excluding hydrogens is 260 g/mol. The van der Waals surface area contributed by atoms with E-state index in [1.807, 2.05) is 0 Å². The number of carboxylic acid groups (broad SMARTS) is 1. The van der Waals surface area contributed by atoms with Crippen LogP contribution in [0, 0.1) is 0 Å². The molecule has 0 unspecified atom stereocenters. The Kier molecular flexibility index (Phi) is 4.18. The lowest BCUT2D eigenvalue weighted by Crippen LogP contribution is -2.17. The molecule has 0 aliphatic carbocycles. The third-order valence-corrected chi connectivity index (χ3v) is 2.80. The number of hydrogen-bond acceptors (Lipinski definition) is 4. The van der Waals surface area contributed by atoms with Crippen molar-refractivity contribution in [1.29, 1.82) is 0 Å². The maximum Gasteiger partial charge on any atom is 0.328 e. The van der Waals surface area contributed by atoms with Crippen molar-refractivity contribution in [1.82, 2.24) is 0 Å². The van der Waals surface area contributed by atoms with Crippen LogP contribution < -0.4 is 10.5 Å². The van der Waals surface area contributed by atoms with Gasteiger partial charge in [0.1, 0.15) is 4.90 Å². The molecule has 8 heteroatoms. The van der Waals surface area contributed by atoms with Gasteiger partial charge >= 0.3 is 5.97 Å². The molecule has 0 aromatic heterocycles. The summed E-state index contributed by atoms with van der Waals surface area (Å²) in [6.45, 7) is 0. The molecule has 0 saturated carbocycles. The maximum absolute atomic E-state index is 11.3. The molecule has 0 fully saturated rings. The Morgan fingerprint density at radius 1 is 1.22 bits per heavy atom. The summed E-state index contributed by atoms with van der Waals surface area (Å²) in [4.78, 5) is 21.3. The number of benzene rings is 1. The van der Waals surface area contributed by atoms with E-state index in [4.69, 9.17) is 10.2 Å². The van der Waals surface area contributed by atoms with E-state index in [-0.39, 0.29) is 10.6 Å². The van der Waals surface area contributed by atoms with Crippen molar-refractivity contribution in [2.75, 3.05) is 5.32 Å². The van der Waals surface area contributed by atoms with E-state index < -0.39 is 21.9 Å². The van der Waals surface area contributed by atoms with Gasteiger partial charge in [-0.15, -0.1) is 0 Å². The quantitative estimate of drug-likeness (QED) is 0.659. The van der Waals surface area contributed by atoms with Gasteiger partial charge in [0.05, 0.1) is 5.69 Å². The van der Waals surface area contributed by atoms with Gasteiger partial charge in [-0.3, -0.25) is 4.79 Å². The minimum atomic E-state index is -3.97. The fourth-order valence-corrected chi connectivity index (χ4v) is 1.83. The van der Waals surface area contributed by atoms with Gasteiger partial charge in [0.25, 0.3) is 0 Å². The van der Waals surface area contributed by atoms with Crippen LogP contribution in [0.3, 0.4) is 0 Å². The lowest BCUT2D eigenvalue weighted by atomic mass is 10.3. The number of anilines is 1. The van der Waals surface area contributed by atoms with Crippen molar-refractivity contribution < 1.29 is 23.1 Å². The van der Waals surface area contributed by atoms with E-state index in [0.29, 0.717) is 6.08 Å². The van der Waals surface area contributed by atoms with E-state index in [0.717, 1.165) is 6.08 Å². The molecule has 7 nitrogen and oxygen atoms in total. The molecule has 1 amide bonds. The number of primary sulfonamides is 1. The molecule has 0 saturated heterocycles. The summed E-state index contributed by atoms with van der Waals surface area (Å²) in [6.07, 6.45) is 1.40. The number of aliphatic carboxylic acids is 1. The lowest BCUT2D eigenvalue weighted by molar-refractivity contribution is -0.131. The predicted molar refractivity (Wildman–Crippen MR) is 63.2 cm³/mol. The highest BCUT2D eigenvalue weighted by Gasteiger charge is 2.14. The number of para-hydroxylation sites is 1. The fourth-order valence-electron chi connectivity index (χ4n) is 1.14. The Morgan fingerprint density at radius 2 is 1.83 bits per heavy atom. The fraction of sp³-hybridized carbons (Fsp3) is 0. The van der Waals surface area contributed by atoms with Crippen molar-refractivity contribution in [2.45, 2.75) is 4.90 Å². The highest BCUT2D eigenvalue weighted by molar-refractivity contribution is 7.89. The second kappa shape index (κ2) is 5.43. The molecule has 18 heavy (non-hydrogen) atoms. The molecule has 0 aliphatic rings. The van der Waals surface area contributed by atoms with Crippen LogP contribution in [-0.2, 0) is 19.6 Å². The molecular formula is C10H10N2O5S. The van der Waals surface area contributed by atoms with Crippen molar-refractivity contribution in [2.24, 2.45) is 5.14 Å². The number of nitrogens with two attached hydrogens (primary N) is 1. The lowest BCUT2D eigenvalue weighted by Gasteiger charge is -2.07. The van der Waals surface area contributed by atoms with Crippen LogP contribution in [0.25, 0.3) is 0 Å². The highest BCUT2D eigenvalue weighted by atomic mass is 32.2. The predicted octanol–water partition coefficient (Wildman–Crippen LogP) is -0.0867. The molecule has 0 radical (unpaired) electrons. The average Bonchev–Trinajstić information content (AvgIpc) is 2.25. The number of hydrogen-bond donors (Lipinski definition) is 3. The van der Waals surface area contributed by atoms with E-state index in [1.54, 1.807) is 0 Å². The Bertz CT molecular complexity index is 606. The molecule has 0 heterocycles. The Morgan fingerprint density at radius 3 is 2.39 bits per heavy atom. The average molecular weight is 270 g/mol. The van der Waals surface area contributed by atoms with Gasteiger partial charge in [0.2, 0.25) is 15.9 Å². The number of carbonyl (C=O) groups is 2. The smallest absolute Gasteiger partial charge is 0.328 e. The maximum atomic E-state index is 11.3. The molecule has 0 aliphatic heterocycles. The highest BCUT2D eigenvalue weighted by Crippen LogP contribution is 2.18. The van der Waals surface area contributed by atoms with Gasteiger partial charge in [-0.1, -0.05) is 12.1 Å². The summed E-state index contributed by atoms with van der Waals surface area (Å²) < 4.78 is 22.4. The Hall–Kier alpha value is -2.19. The minimum absolute atomic E-state index is 0.0139. The van der Waals surface area contributed by atoms with E-state index in [9.17, 15) is 18.0 Å². The third-order valence-electron chi connectivity index (χ3n) is 1.83. The number of rotatable bonds is 4. The van der Waals surface area contributed by atoms with Gasteiger partial charge in [-0.2, -0.15) is 0 Å². The Labute approximate surface area is 103 Å². The molecule has 0 bridgehead atoms. The normalized spacial score (nSPS) is 11.4. The van der Waals surface area contributed by atoms with Crippen LogP contribution in [0.2, 0.25) is 0 Å². The van der Waals surface area contributed by atoms with Crippen molar-refractivity contribution in [3.05, 3.63) is 36.4 Å². The first kappa shape index (κ1) is 13.9. The Balaban J connectivity index is 2.99. The van der Waals surface area contributed by atoms with Crippen LogP contribution in [0.15, 0.2) is 41.3 Å². The van der Waals surface area contributed by atoms with Gasteiger partial charge in [-0.25, -0.2) is 18.4 Å². The van der Waals surface area contributed by atoms with E-state index in [2.05, 4.69) is 5.32 Å². The van der Waals surface area contributed by atoms with Crippen molar-refractivity contribution >= 4 is 27.6 Å². The van der Waals surface area contributed by atoms with Gasteiger partial charge < -0.3 is 10.4 Å². The number of nitrogens with one attached hydrogen (secondary N) is 1. The number of carbonyl (C=O) groups excluding carboxylic acids is 1. The number of amides is 1. The third kappa shape index (κ3) is 4.00. The van der Waals surface area contributed by atoms with E-state index in [1.165, 1.54) is 24.3 Å². The summed E-state index contributed by atoms with van der Waals surface area (Å²) in [5.41, 5.74) is -0.0139. The first-order valence-electron chi connectivity index (χ1n) is 4.64. The van der Waals surface area contributed by atoms with Crippen LogP contribution in [-0.4, -0.2) is 25.4 Å². The molecule has 0 atom stereocenters. The second-order valence-electron chi connectivity index (χ2n) is 3.20. The van der Waals surface area contributed by atoms with Crippen LogP contribution in [0.4, 0.5) is 5.69 Å². The van der Waals surface area contributed by atoms with Gasteiger partial charge in [-0.05, 0) is 12.1 Å². The summed E-state index contributed by atoms with van der Waals surface area (Å²) in [5, 5.41) is 15.5. The zero-order valence-corrected chi connectivity index (χ0v) is 9.85. The summed E-state index contributed by atoms with van der Waals surface area (Å²) in [6, 6.07) is 5.52. The first-order valence-corrected chi connectivity index (χ1v) is 6.19. The summed E-state index contributed by atoms with van der Waals surface area (Å²) in [5.74, 6) is -2.06. The standard InChI is InChI=1S/C10H10N2O5S/c11-18(16,17)8-4-2-1-3-7(8)12-9(13)5-6-10(14)15/h1-6H,(H,12,13)(H,14,15)(H2,11,16,17).